The Balaban J connectivity index is 1.24. The van der Waals surface area contributed by atoms with Gasteiger partial charge in [0.2, 0.25) is 17.7 Å². The highest BCUT2D eigenvalue weighted by Gasteiger charge is 2.30. The summed E-state index contributed by atoms with van der Waals surface area (Å²) in [5.41, 5.74) is 2.31. The first kappa shape index (κ1) is 24.5. The molecule has 0 radical (unpaired) electrons. The van der Waals surface area contributed by atoms with E-state index < -0.39 is 11.7 Å². The molecule has 0 bridgehead atoms. The van der Waals surface area contributed by atoms with E-state index in [1.165, 1.54) is 17.0 Å². The first-order chi connectivity index (χ1) is 17.7. The summed E-state index contributed by atoms with van der Waals surface area (Å²) >= 11 is 0. The van der Waals surface area contributed by atoms with Gasteiger partial charge in [-0.2, -0.15) is 18.3 Å². The first-order valence-electron chi connectivity index (χ1n) is 11.9. The second-order valence-electron chi connectivity index (χ2n) is 9.03. The van der Waals surface area contributed by atoms with Crippen LogP contribution in [0.2, 0.25) is 0 Å². The third-order valence-corrected chi connectivity index (χ3v) is 6.50. The molecule has 0 spiro atoms. The molecule has 0 aliphatic carbocycles. The van der Waals surface area contributed by atoms with E-state index >= 15 is 0 Å². The lowest BCUT2D eigenvalue weighted by Crippen LogP contribution is -2.42. The SMILES string of the molecule is O=C1CN(C(=O)CCC(=O)N2CCCn3nc(-c4ccc(C(F)(F)F)cc4)cc3C2)c2ccccc2N1. The summed E-state index contributed by atoms with van der Waals surface area (Å²) < 4.78 is 40.4. The summed E-state index contributed by atoms with van der Waals surface area (Å²) in [6.45, 7) is 1.26. The molecule has 8 nitrogen and oxygen atoms in total. The second kappa shape index (κ2) is 9.72. The number of para-hydroxylation sites is 2. The maximum Gasteiger partial charge on any atom is 0.416 e. The molecule has 2 aliphatic heterocycles. The van der Waals surface area contributed by atoms with Gasteiger partial charge in [0.05, 0.1) is 34.9 Å². The van der Waals surface area contributed by atoms with Crippen molar-refractivity contribution < 1.29 is 27.6 Å². The fourth-order valence-corrected chi connectivity index (χ4v) is 4.61. The van der Waals surface area contributed by atoms with E-state index in [0.29, 0.717) is 42.1 Å². The number of aromatic nitrogens is 2. The number of rotatable bonds is 4. The lowest BCUT2D eigenvalue weighted by Gasteiger charge is -2.29. The predicted molar refractivity (Wildman–Crippen MR) is 129 cm³/mol. The largest absolute Gasteiger partial charge is 0.416 e. The van der Waals surface area contributed by atoms with E-state index in [0.717, 1.165) is 17.8 Å². The van der Waals surface area contributed by atoms with Crippen molar-refractivity contribution in [2.45, 2.75) is 38.5 Å². The highest BCUT2D eigenvalue weighted by molar-refractivity contribution is 6.10. The normalized spacial score (nSPS) is 15.5. The maximum atomic E-state index is 13.0. The van der Waals surface area contributed by atoms with Gasteiger partial charge in [-0.05, 0) is 36.8 Å². The van der Waals surface area contributed by atoms with Crippen molar-refractivity contribution in [1.82, 2.24) is 14.7 Å². The zero-order chi connectivity index (χ0) is 26.2. The summed E-state index contributed by atoms with van der Waals surface area (Å²) in [6.07, 6.45) is -3.79. The molecule has 0 saturated heterocycles. The van der Waals surface area contributed by atoms with Crippen LogP contribution in [0.4, 0.5) is 24.5 Å². The predicted octanol–water partition coefficient (Wildman–Crippen LogP) is 4.07. The fraction of sp³-hybridized carbons (Fsp3) is 0.308. The first-order valence-corrected chi connectivity index (χ1v) is 11.9. The number of nitrogens with zero attached hydrogens (tertiary/aromatic N) is 4. The van der Waals surface area contributed by atoms with Crippen LogP contribution in [0, 0.1) is 0 Å². The molecule has 192 valence electrons. The van der Waals surface area contributed by atoms with Gasteiger partial charge in [-0.1, -0.05) is 24.3 Å². The fourth-order valence-electron chi connectivity index (χ4n) is 4.61. The quantitative estimate of drug-likeness (QED) is 0.572. The number of aryl methyl sites for hydroxylation is 1. The van der Waals surface area contributed by atoms with Crippen molar-refractivity contribution in [1.29, 1.82) is 0 Å². The summed E-state index contributed by atoms with van der Waals surface area (Å²) in [5, 5.41) is 7.26. The third kappa shape index (κ3) is 5.20. The summed E-state index contributed by atoms with van der Waals surface area (Å²) in [6, 6.07) is 13.6. The lowest BCUT2D eigenvalue weighted by atomic mass is 10.1. The Kier molecular flexibility index (Phi) is 6.45. The van der Waals surface area contributed by atoms with Gasteiger partial charge in [0.25, 0.3) is 0 Å². The molecule has 3 amide bonds. The Morgan fingerprint density at radius 2 is 1.68 bits per heavy atom. The van der Waals surface area contributed by atoms with Gasteiger partial charge in [-0.15, -0.1) is 0 Å². The number of alkyl halides is 3. The number of hydrogen-bond donors (Lipinski definition) is 1. The van der Waals surface area contributed by atoms with Gasteiger partial charge in [-0.3, -0.25) is 19.1 Å². The number of anilines is 2. The van der Waals surface area contributed by atoms with Gasteiger partial charge in [0, 0.05) is 31.5 Å². The molecule has 0 unspecified atom stereocenters. The molecule has 2 aromatic carbocycles. The van der Waals surface area contributed by atoms with Crippen LogP contribution in [0.25, 0.3) is 11.3 Å². The van der Waals surface area contributed by atoms with Crippen LogP contribution in [-0.2, 0) is 33.6 Å². The molecule has 5 rings (SSSR count). The van der Waals surface area contributed by atoms with E-state index in [-0.39, 0.29) is 43.7 Å². The number of carbonyl (C=O) groups excluding carboxylic acids is 3. The Labute approximate surface area is 210 Å². The van der Waals surface area contributed by atoms with Gasteiger partial charge in [0.1, 0.15) is 6.54 Å². The number of halogens is 3. The summed E-state index contributed by atoms with van der Waals surface area (Å²) in [4.78, 5) is 41.0. The van der Waals surface area contributed by atoms with E-state index in [9.17, 15) is 27.6 Å². The smallest absolute Gasteiger partial charge is 0.337 e. The Morgan fingerprint density at radius 3 is 2.43 bits per heavy atom. The Hall–Kier alpha value is -4.15. The zero-order valence-corrected chi connectivity index (χ0v) is 19.8. The van der Waals surface area contributed by atoms with Crippen LogP contribution in [0.1, 0.15) is 30.5 Å². The summed E-state index contributed by atoms with van der Waals surface area (Å²) in [5.74, 6) is -0.781. The molecule has 1 aromatic heterocycles. The molecule has 3 heterocycles. The molecule has 0 fully saturated rings. The minimum atomic E-state index is -4.41. The van der Waals surface area contributed by atoms with Crippen LogP contribution in [0.15, 0.2) is 54.6 Å². The minimum Gasteiger partial charge on any atom is -0.337 e. The zero-order valence-electron chi connectivity index (χ0n) is 19.8. The lowest BCUT2D eigenvalue weighted by molar-refractivity contribution is -0.137. The van der Waals surface area contributed by atoms with Crippen molar-refractivity contribution in [3.63, 3.8) is 0 Å². The molecule has 37 heavy (non-hydrogen) atoms. The number of carbonyl (C=O) groups is 3. The topological polar surface area (TPSA) is 87.5 Å². The van der Waals surface area contributed by atoms with Gasteiger partial charge < -0.3 is 15.1 Å². The third-order valence-electron chi connectivity index (χ3n) is 6.50. The number of fused-ring (bicyclic) bond motifs is 2. The van der Waals surface area contributed by atoms with Gasteiger partial charge in [0.15, 0.2) is 0 Å². The molecular formula is C26H24F3N5O3. The molecule has 11 heteroatoms. The molecule has 0 saturated carbocycles. The van der Waals surface area contributed by atoms with Crippen molar-refractivity contribution in [3.05, 3.63) is 65.9 Å². The Morgan fingerprint density at radius 1 is 0.946 bits per heavy atom. The van der Waals surface area contributed by atoms with E-state index in [1.807, 2.05) is 0 Å². The number of amides is 3. The molecule has 1 N–H and O–H groups in total. The monoisotopic (exact) mass is 511 g/mol. The average Bonchev–Trinajstić information content (AvgIpc) is 3.17. The average molecular weight is 512 g/mol. The Bertz CT molecular complexity index is 1350. The highest BCUT2D eigenvalue weighted by Crippen LogP contribution is 2.32. The molecule has 2 aliphatic rings. The molecular weight excluding hydrogens is 487 g/mol. The van der Waals surface area contributed by atoms with Crippen LogP contribution < -0.4 is 10.2 Å². The number of benzene rings is 2. The van der Waals surface area contributed by atoms with E-state index in [4.69, 9.17) is 0 Å². The van der Waals surface area contributed by atoms with E-state index in [2.05, 4.69) is 10.4 Å². The maximum absolute atomic E-state index is 13.0. The minimum absolute atomic E-state index is 0.000974. The van der Waals surface area contributed by atoms with Crippen LogP contribution in [-0.4, -0.2) is 45.5 Å². The number of hydrogen-bond acceptors (Lipinski definition) is 4. The van der Waals surface area contributed by atoms with Crippen LogP contribution in [0.3, 0.4) is 0 Å². The molecule has 0 atom stereocenters. The number of nitrogens with one attached hydrogen (secondary N) is 1. The standard InChI is InChI=1S/C26H24F3N5O3/c27-26(28,29)18-8-6-17(7-9-18)21-14-19-15-32(12-3-13-34(19)31-21)24(36)10-11-25(37)33-16-23(35)30-20-4-1-2-5-22(20)33/h1-2,4-9,14H,3,10-13,15-16H2,(H,30,35). The van der Waals surface area contributed by atoms with Crippen molar-refractivity contribution in [2.24, 2.45) is 0 Å². The molecule has 3 aromatic rings. The van der Waals surface area contributed by atoms with Gasteiger partial charge in [-0.25, -0.2) is 0 Å². The van der Waals surface area contributed by atoms with Crippen molar-refractivity contribution in [3.8, 4) is 11.3 Å². The van der Waals surface area contributed by atoms with E-state index in [1.54, 1.807) is 39.9 Å². The van der Waals surface area contributed by atoms with Crippen molar-refractivity contribution >= 4 is 29.1 Å². The van der Waals surface area contributed by atoms with Gasteiger partial charge >= 0.3 is 6.18 Å². The van der Waals surface area contributed by atoms with Crippen LogP contribution >= 0.6 is 0 Å². The second-order valence-corrected chi connectivity index (χ2v) is 9.03. The summed E-state index contributed by atoms with van der Waals surface area (Å²) in [7, 11) is 0. The van der Waals surface area contributed by atoms with Crippen molar-refractivity contribution in [2.75, 3.05) is 23.3 Å². The van der Waals surface area contributed by atoms with Crippen LogP contribution in [0.5, 0.6) is 0 Å². The highest BCUT2D eigenvalue weighted by atomic mass is 19.4.